The number of para-hydroxylation sites is 1. The van der Waals surface area contributed by atoms with Gasteiger partial charge in [-0.05, 0) is 59.0 Å². The molecule has 0 aliphatic carbocycles. The van der Waals surface area contributed by atoms with Gasteiger partial charge in [-0.2, -0.15) is 5.10 Å². The Morgan fingerprint density at radius 3 is 2.03 bits per heavy atom. The Kier molecular flexibility index (Phi) is 7.87. The van der Waals surface area contributed by atoms with E-state index in [4.69, 9.17) is 18.9 Å². The lowest BCUT2D eigenvalue weighted by Crippen LogP contribution is -2.15. The molecule has 37 heavy (non-hydrogen) atoms. The van der Waals surface area contributed by atoms with E-state index in [-0.39, 0.29) is 28.5 Å². The van der Waals surface area contributed by atoms with Gasteiger partial charge in [0.2, 0.25) is 0 Å². The number of ether oxygens (including phenoxy) is 4. The van der Waals surface area contributed by atoms with Gasteiger partial charge in [-0.15, -0.1) is 0 Å². The van der Waals surface area contributed by atoms with E-state index in [0.717, 1.165) is 0 Å². The van der Waals surface area contributed by atoms with Gasteiger partial charge in [0.05, 0.1) is 36.2 Å². The molecule has 0 bridgehead atoms. The summed E-state index contributed by atoms with van der Waals surface area (Å²) in [6.07, 6.45) is 0. The van der Waals surface area contributed by atoms with E-state index < -0.39 is 17.9 Å². The summed E-state index contributed by atoms with van der Waals surface area (Å²) in [7, 11) is 3.86. The Hall–Kier alpha value is -4.19. The SMILES string of the molecule is COC(=O)c1c(-c2cc(I)c(OC(=O)c3ccccc3)c(OC)c2)nn(-c2ccccc2)c1C(=O)OC. The van der Waals surface area contributed by atoms with Crippen LogP contribution in [0.5, 0.6) is 11.5 Å². The van der Waals surface area contributed by atoms with Crippen molar-refractivity contribution in [3.63, 3.8) is 0 Å². The minimum atomic E-state index is -0.772. The van der Waals surface area contributed by atoms with Crippen LogP contribution in [0, 0.1) is 3.57 Å². The number of hydrogen-bond acceptors (Lipinski definition) is 8. The Bertz CT molecular complexity index is 1470. The second-order valence-electron chi connectivity index (χ2n) is 7.55. The zero-order valence-electron chi connectivity index (χ0n) is 20.1. The molecule has 0 unspecified atom stereocenters. The summed E-state index contributed by atoms with van der Waals surface area (Å²) in [6, 6.07) is 20.6. The molecule has 4 aromatic rings. The molecule has 188 valence electrons. The van der Waals surface area contributed by atoms with Crippen LogP contribution in [-0.4, -0.2) is 49.0 Å². The molecular weight excluding hydrogens is 591 g/mol. The van der Waals surface area contributed by atoms with Crippen LogP contribution in [0.4, 0.5) is 0 Å². The largest absolute Gasteiger partial charge is 0.493 e. The van der Waals surface area contributed by atoms with Gasteiger partial charge in [0.15, 0.2) is 17.2 Å². The molecule has 0 saturated carbocycles. The maximum absolute atomic E-state index is 12.9. The fourth-order valence-corrected chi connectivity index (χ4v) is 4.35. The molecule has 0 saturated heterocycles. The molecule has 9 nitrogen and oxygen atoms in total. The third-order valence-electron chi connectivity index (χ3n) is 5.36. The van der Waals surface area contributed by atoms with Gasteiger partial charge in [-0.3, -0.25) is 0 Å². The molecule has 10 heteroatoms. The molecular formula is C27H21IN2O7. The van der Waals surface area contributed by atoms with E-state index in [1.807, 2.05) is 28.7 Å². The average Bonchev–Trinajstić information content (AvgIpc) is 3.34. The number of aromatic nitrogens is 2. The Morgan fingerprint density at radius 2 is 1.43 bits per heavy atom. The lowest BCUT2D eigenvalue weighted by atomic mass is 10.0. The van der Waals surface area contributed by atoms with E-state index in [2.05, 4.69) is 5.10 Å². The first-order valence-electron chi connectivity index (χ1n) is 10.9. The smallest absolute Gasteiger partial charge is 0.357 e. The van der Waals surface area contributed by atoms with Crippen molar-refractivity contribution in [1.29, 1.82) is 0 Å². The topological polar surface area (TPSA) is 106 Å². The number of esters is 3. The first-order chi connectivity index (χ1) is 17.9. The van der Waals surface area contributed by atoms with Crippen LogP contribution in [0.3, 0.4) is 0 Å². The summed E-state index contributed by atoms with van der Waals surface area (Å²) < 4.78 is 23.0. The summed E-state index contributed by atoms with van der Waals surface area (Å²) in [5.41, 5.74) is 1.33. The number of hydrogen-bond donors (Lipinski definition) is 0. The fraction of sp³-hybridized carbons (Fsp3) is 0.111. The number of carbonyl (C=O) groups excluding carboxylic acids is 3. The van der Waals surface area contributed by atoms with Crippen molar-refractivity contribution in [3.05, 3.63) is 93.2 Å². The Morgan fingerprint density at radius 1 is 0.811 bits per heavy atom. The second-order valence-corrected chi connectivity index (χ2v) is 8.71. The van der Waals surface area contributed by atoms with E-state index in [0.29, 0.717) is 20.4 Å². The second kappa shape index (κ2) is 11.2. The van der Waals surface area contributed by atoms with Crippen LogP contribution < -0.4 is 9.47 Å². The summed E-state index contributed by atoms with van der Waals surface area (Å²) in [4.78, 5) is 38.4. The zero-order chi connectivity index (χ0) is 26.5. The summed E-state index contributed by atoms with van der Waals surface area (Å²) in [5, 5.41) is 4.59. The van der Waals surface area contributed by atoms with Crippen molar-refractivity contribution in [2.24, 2.45) is 0 Å². The standard InChI is InChI=1S/C27H21IN2O7/c1-34-20-15-17(14-19(28)24(20)37-25(31)16-10-6-4-7-11-16)22-21(26(32)35-2)23(27(33)36-3)30(29-22)18-12-8-5-9-13-18/h4-15H,1-3H3. The molecule has 0 spiro atoms. The van der Waals surface area contributed by atoms with Gasteiger partial charge in [0.25, 0.3) is 0 Å². The van der Waals surface area contributed by atoms with E-state index in [9.17, 15) is 14.4 Å². The number of halogens is 1. The van der Waals surface area contributed by atoms with Crippen LogP contribution in [0.1, 0.15) is 31.2 Å². The Balaban J connectivity index is 1.89. The molecule has 0 amide bonds. The molecule has 0 fully saturated rings. The van der Waals surface area contributed by atoms with Crippen LogP contribution in [0.25, 0.3) is 16.9 Å². The highest BCUT2D eigenvalue weighted by molar-refractivity contribution is 14.1. The molecule has 0 radical (unpaired) electrons. The van der Waals surface area contributed by atoms with Crippen molar-refractivity contribution in [1.82, 2.24) is 9.78 Å². The average molecular weight is 612 g/mol. The molecule has 3 aromatic carbocycles. The predicted octanol–water partition coefficient (Wildman–Crippen LogP) is 4.94. The molecule has 4 rings (SSSR count). The molecule has 1 aromatic heterocycles. The van der Waals surface area contributed by atoms with Crippen molar-refractivity contribution in [3.8, 4) is 28.4 Å². The molecule has 0 aliphatic rings. The van der Waals surface area contributed by atoms with E-state index in [1.54, 1.807) is 66.7 Å². The van der Waals surface area contributed by atoms with Gasteiger partial charge in [-0.1, -0.05) is 36.4 Å². The molecule has 0 N–H and O–H groups in total. The van der Waals surface area contributed by atoms with Crippen molar-refractivity contribution in [2.45, 2.75) is 0 Å². The van der Waals surface area contributed by atoms with Crippen LogP contribution in [0.2, 0.25) is 0 Å². The summed E-state index contributed by atoms with van der Waals surface area (Å²) in [5.74, 6) is -1.66. The Labute approximate surface area is 226 Å². The third-order valence-corrected chi connectivity index (χ3v) is 6.16. The van der Waals surface area contributed by atoms with Crippen molar-refractivity contribution in [2.75, 3.05) is 21.3 Å². The van der Waals surface area contributed by atoms with Crippen molar-refractivity contribution < 1.29 is 33.3 Å². The van der Waals surface area contributed by atoms with Gasteiger partial charge < -0.3 is 18.9 Å². The normalized spacial score (nSPS) is 10.5. The van der Waals surface area contributed by atoms with Crippen LogP contribution in [0.15, 0.2) is 72.8 Å². The van der Waals surface area contributed by atoms with Gasteiger partial charge in [0.1, 0.15) is 11.3 Å². The van der Waals surface area contributed by atoms with Gasteiger partial charge >= 0.3 is 17.9 Å². The first-order valence-corrected chi connectivity index (χ1v) is 12.0. The van der Waals surface area contributed by atoms with Crippen LogP contribution >= 0.6 is 22.6 Å². The number of methoxy groups -OCH3 is 3. The lowest BCUT2D eigenvalue weighted by Gasteiger charge is -2.13. The molecule has 0 atom stereocenters. The van der Waals surface area contributed by atoms with Crippen molar-refractivity contribution >= 4 is 40.5 Å². The van der Waals surface area contributed by atoms with E-state index >= 15 is 0 Å². The first kappa shape index (κ1) is 25.9. The monoisotopic (exact) mass is 612 g/mol. The van der Waals surface area contributed by atoms with E-state index in [1.165, 1.54) is 26.0 Å². The van der Waals surface area contributed by atoms with Crippen LogP contribution in [-0.2, 0) is 9.47 Å². The molecule has 1 heterocycles. The predicted molar refractivity (Wildman–Crippen MR) is 142 cm³/mol. The number of carbonyl (C=O) groups is 3. The number of benzene rings is 3. The minimum Gasteiger partial charge on any atom is -0.493 e. The van der Waals surface area contributed by atoms with Gasteiger partial charge in [0, 0.05) is 5.56 Å². The lowest BCUT2D eigenvalue weighted by molar-refractivity contribution is 0.0549. The summed E-state index contributed by atoms with van der Waals surface area (Å²) >= 11 is 2.00. The highest BCUT2D eigenvalue weighted by Gasteiger charge is 2.32. The summed E-state index contributed by atoms with van der Waals surface area (Å²) in [6.45, 7) is 0. The van der Waals surface area contributed by atoms with Gasteiger partial charge in [-0.25, -0.2) is 19.1 Å². The highest BCUT2D eigenvalue weighted by Crippen LogP contribution is 2.39. The zero-order valence-corrected chi connectivity index (χ0v) is 22.2. The number of rotatable bonds is 7. The maximum atomic E-state index is 12.9. The highest BCUT2D eigenvalue weighted by atomic mass is 127. The number of nitrogens with zero attached hydrogens (tertiary/aromatic N) is 2. The fourth-order valence-electron chi connectivity index (χ4n) is 3.64. The minimum absolute atomic E-state index is 0.0786. The maximum Gasteiger partial charge on any atom is 0.357 e. The quantitative estimate of drug-likeness (QED) is 0.164. The molecule has 0 aliphatic heterocycles. The third kappa shape index (κ3) is 5.19.